The average molecular weight is 309 g/mol. The summed E-state index contributed by atoms with van der Waals surface area (Å²) >= 11 is 2.14. The van der Waals surface area contributed by atoms with E-state index in [1.54, 1.807) is 7.11 Å². The molecule has 5 nitrogen and oxygen atoms in total. The molecular formula is C8H12IN3O2. The summed E-state index contributed by atoms with van der Waals surface area (Å²) in [5, 5.41) is 5.17. The van der Waals surface area contributed by atoms with Gasteiger partial charge in [-0.3, -0.25) is 15.2 Å². The fraction of sp³-hybridized carbons (Fsp3) is 0.625. The molecule has 78 valence electrons. The van der Waals surface area contributed by atoms with Gasteiger partial charge in [-0.2, -0.15) is 0 Å². The first kappa shape index (κ1) is 10.0. The van der Waals surface area contributed by atoms with Crippen LogP contribution in [-0.4, -0.2) is 41.6 Å². The number of halogens is 1. The van der Waals surface area contributed by atoms with E-state index in [2.05, 4.69) is 33.3 Å². The predicted molar refractivity (Wildman–Crippen MR) is 59.6 cm³/mol. The number of rotatable bonds is 2. The molecule has 1 atom stereocenters. The Hall–Kier alpha value is -0.500. The monoisotopic (exact) mass is 309 g/mol. The zero-order chi connectivity index (χ0) is 10.1. The van der Waals surface area contributed by atoms with Gasteiger partial charge in [0.15, 0.2) is 0 Å². The van der Waals surface area contributed by atoms with Gasteiger partial charge in [0.05, 0.1) is 24.5 Å². The van der Waals surface area contributed by atoms with E-state index >= 15 is 0 Å². The number of hydrogen-bond donors (Lipinski definition) is 2. The molecule has 0 aromatic carbocycles. The number of carbonyl (C=O) groups excluding carboxylic acids is 1. The molecule has 1 fully saturated rings. The third-order valence-corrected chi connectivity index (χ3v) is 3.43. The molecule has 0 aromatic heterocycles. The van der Waals surface area contributed by atoms with E-state index in [1.807, 2.05) is 5.01 Å². The van der Waals surface area contributed by atoms with E-state index in [0.717, 1.165) is 24.5 Å². The van der Waals surface area contributed by atoms with Crippen molar-refractivity contribution in [3.63, 3.8) is 0 Å². The second-order valence-corrected chi connectivity index (χ2v) is 4.46. The van der Waals surface area contributed by atoms with Crippen LogP contribution in [0.15, 0.2) is 11.4 Å². The average Bonchev–Trinajstić information content (AvgIpc) is 2.45. The predicted octanol–water partition coefficient (Wildman–Crippen LogP) is -0.402. The topological polar surface area (TPSA) is 53.6 Å². The maximum Gasteiger partial charge on any atom is 0.257 e. The van der Waals surface area contributed by atoms with Crippen LogP contribution in [0.5, 0.6) is 0 Å². The molecule has 6 heteroatoms. The van der Waals surface area contributed by atoms with E-state index < -0.39 is 0 Å². The number of amides is 1. The fourth-order valence-corrected chi connectivity index (χ4v) is 2.53. The summed E-state index contributed by atoms with van der Waals surface area (Å²) in [4.78, 5) is 11.4. The van der Waals surface area contributed by atoms with Crippen LogP contribution in [-0.2, 0) is 9.53 Å². The Morgan fingerprint density at radius 1 is 1.71 bits per heavy atom. The second kappa shape index (κ2) is 3.93. The molecule has 2 aliphatic rings. The van der Waals surface area contributed by atoms with Gasteiger partial charge >= 0.3 is 0 Å². The minimum atomic E-state index is -0.106. The first-order valence-corrected chi connectivity index (χ1v) is 5.66. The Balaban J connectivity index is 2.29. The van der Waals surface area contributed by atoms with Crippen LogP contribution in [0, 0.1) is 0 Å². The lowest BCUT2D eigenvalue weighted by atomic mass is 10.2. The number of nitrogens with zero attached hydrogens (tertiary/aromatic N) is 1. The fourth-order valence-electron chi connectivity index (χ4n) is 1.68. The van der Waals surface area contributed by atoms with Gasteiger partial charge < -0.3 is 10.1 Å². The molecule has 0 aliphatic carbocycles. The van der Waals surface area contributed by atoms with E-state index in [9.17, 15) is 4.79 Å². The molecule has 0 radical (unpaired) electrons. The van der Waals surface area contributed by atoms with Gasteiger partial charge in [0.25, 0.3) is 5.91 Å². The SMILES string of the molecule is COCC1=C2C(I)C(=O)NN2CCN1. The lowest BCUT2D eigenvalue weighted by molar-refractivity contribution is -0.120. The summed E-state index contributed by atoms with van der Waals surface area (Å²) < 4.78 is 4.98. The van der Waals surface area contributed by atoms with Gasteiger partial charge in [-0.05, 0) is 0 Å². The minimum Gasteiger partial charge on any atom is -0.383 e. The van der Waals surface area contributed by atoms with Crippen molar-refractivity contribution in [3.8, 4) is 0 Å². The highest BCUT2D eigenvalue weighted by atomic mass is 127. The summed E-state index contributed by atoms with van der Waals surface area (Å²) in [6.07, 6.45) is 0. The van der Waals surface area contributed by atoms with Crippen molar-refractivity contribution < 1.29 is 9.53 Å². The van der Waals surface area contributed by atoms with Crippen molar-refractivity contribution >= 4 is 28.5 Å². The Morgan fingerprint density at radius 2 is 2.50 bits per heavy atom. The smallest absolute Gasteiger partial charge is 0.257 e. The maximum atomic E-state index is 11.4. The third-order valence-electron chi connectivity index (χ3n) is 2.28. The van der Waals surface area contributed by atoms with Crippen LogP contribution in [0.25, 0.3) is 0 Å². The van der Waals surface area contributed by atoms with E-state index in [0.29, 0.717) is 6.61 Å². The molecule has 1 saturated heterocycles. The zero-order valence-electron chi connectivity index (χ0n) is 7.84. The van der Waals surface area contributed by atoms with Gasteiger partial charge in [0.2, 0.25) is 0 Å². The van der Waals surface area contributed by atoms with Crippen LogP contribution in [0.4, 0.5) is 0 Å². The summed E-state index contributed by atoms with van der Waals surface area (Å²) in [6.45, 7) is 2.18. The second-order valence-electron chi connectivity index (χ2n) is 3.21. The summed E-state index contributed by atoms with van der Waals surface area (Å²) in [5.74, 6) is 0.0536. The molecule has 14 heavy (non-hydrogen) atoms. The van der Waals surface area contributed by atoms with Crippen LogP contribution >= 0.6 is 22.6 Å². The number of alkyl halides is 1. The van der Waals surface area contributed by atoms with Crippen molar-refractivity contribution in [2.75, 3.05) is 26.8 Å². The molecule has 1 unspecified atom stereocenters. The van der Waals surface area contributed by atoms with E-state index in [4.69, 9.17) is 4.74 Å². The molecule has 2 aliphatic heterocycles. The van der Waals surface area contributed by atoms with Gasteiger partial charge in [-0.15, -0.1) is 0 Å². The van der Waals surface area contributed by atoms with Crippen LogP contribution < -0.4 is 10.7 Å². The number of ether oxygens (including phenoxy) is 1. The van der Waals surface area contributed by atoms with Crippen molar-refractivity contribution in [2.24, 2.45) is 0 Å². The van der Waals surface area contributed by atoms with Crippen molar-refractivity contribution in [2.45, 2.75) is 3.92 Å². The minimum absolute atomic E-state index is 0.0536. The number of carbonyl (C=O) groups is 1. The number of fused-ring (bicyclic) bond motifs is 1. The Bertz CT molecular complexity index is 292. The highest BCUT2D eigenvalue weighted by Gasteiger charge is 2.37. The summed E-state index contributed by atoms with van der Waals surface area (Å²) in [7, 11) is 1.65. The quantitative estimate of drug-likeness (QED) is 0.538. The van der Waals surface area contributed by atoms with Crippen molar-refractivity contribution in [3.05, 3.63) is 11.4 Å². The third kappa shape index (κ3) is 1.56. The van der Waals surface area contributed by atoms with Crippen LogP contribution in [0.1, 0.15) is 0 Å². The van der Waals surface area contributed by atoms with Gasteiger partial charge in [-0.25, -0.2) is 0 Å². The molecule has 2 rings (SSSR count). The number of methoxy groups -OCH3 is 1. The number of nitrogens with one attached hydrogen (secondary N) is 2. The first-order valence-electron chi connectivity index (χ1n) is 4.42. The highest BCUT2D eigenvalue weighted by molar-refractivity contribution is 14.1. The normalized spacial score (nSPS) is 26.0. The van der Waals surface area contributed by atoms with Gasteiger partial charge in [-0.1, -0.05) is 22.6 Å². The van der Waals surface area contributed by atoms with Crippen molar-refractivity contribution in [1.29, 1.82) is 0 Å². The molecule has 0 saturated carbocycles. The maximum absolute atomic E-state index is 11.4. The largest absolute Gasteiger partial charge is 0.383 e. The van der Waals surface area contributed by atoms with Gasteiger partial charge in [0, 0.05) is 13.7 Å². The Kier molecular flexibility index (Phi) is 2.82. The summed E-state index contributed by atoms with van der Waals surface area (Å²) in [6, 6.07) is 0. The number of hydrogen-bond acceptors (Lipinski definition) is 4. The lowest BCUT2D eigenvalue weighted by Crippen LogP contribution is -2.43. The molecule has 2 N–H and O–H groups in total. The molecule has 0 bridgehead atoms. The zero-order valence-corrected chi connectivity index (χ0v) is 10.00. The highest BCUT2D eigenvalue weighted by Crippen LogP contribution is 2.26. The standard InChI is InChI=1S/C8H12IN3O2/c1-14-4-5-7-6(9)8(13)11-12(7)3-2-10-5/h6,10H,2-4H2,1H3,(H,11,13). The van der Waals surface area contributed by atoms with Crippen LogP contribution in [0.3, 0.4) is 0 Å². The van der Waals surface area contributed by atoms with Gasteiger partial charge in [0.1, 0.15) is 3.92 Å². The molecule has 2 heterocycles. The Morgan fingerprint density at radius 3 is 3.21 bits per heavy atom. The van der Waals surface area contributed by atoms with Crippen LogP contribution in [0.2, 0.25) is 0 Å². The van der Waals surface area contributed by atoms with E-state index in [-0.39, 0.29) is 9.83 Å². The lowest BCUT2D eigenvalue weighted by Gasteiger charge is -2.28. The van der Waals surface area contributed by atoms with Crippen molar-refractivity contribution in [1.82, 2.24) is 15.8 Å². The molecule has 0 aromatic rings. The summed E-state index contributed by atoms with van der Waals surface area (Å²) in [5.41, 5.74) is 4.86. The molecule has 0 spiro atoms. The Labute approximate surface area is 96.0 Å². The van der Waals surface area contributed by atoms with E-state index in [1.165, 1.54) is 0 Å². The molecule has 1 amide bonds. The molecular weight excluding hydrogens is 297 g/mol. The first-order chi connectivity index (χ1) is 6.74. The number of hydrazine groups is 1.